The van der Waals surface area contributed by atoms with E-state index in [1.807, 2.05) is 30.4 Å². The lowest BCUT2D eigenvalue weighted by Gasteiger charge is -2.38. The smallest absolute Gasteiger partial charge is 0.193 e. The fraction of sp³-hybridized carbons (Fsp3) is 0.560. The van der Waals surface area contributed by atoms with Crippen LogP contribution in [0.2, 0.25) is 18.1 Å². The Bertz CT molecular complexity index is 710. The number of ether oxygens (including phenoxy) is 4. The average molecular weight is 465 g/mol. The SMILES string of the molecule is COCOc1cc(/C=C/C=C/CCCC(C=O)O[Si](C)(C)C(C)(C)C)cc(OCOC)c1. The first kappa shape index (κ1) is 28.1. The molecule has 1 rings (SSSR count). The van der Waals surface area contributed by atoms with E-state index in [2.05, 4.69) is 39.9 Å². The van der Waals surface area contributed by atoms with Crippen molar-refractivity contribution in [1.82, 2.24) is 0 Å². The lowest BCUT2D eigenvalue weighted by atomic mass is 10.1. The molecule has 0 saturated heterocycles. The molecule has 0 N–H and O–H groups in total. The van der Waals surface area contributed by atoms with Gasteiger partial charge in [0.25, 0.3) is 0 Å². The van der Waals surface area contributed by atoms with Gasteiger partial charge < -0.3 is 28.2 Å². The van der Waals surface area contributed by atoms with Crippen molar-refractivity contribution in [3.8, 4) is 11.5 Å². The zero-order chi connectivity index (χ0) is 24.0. The highest BCUT2D eigenvalue weighted by Gasteiger charge is 2.38. The largest absolute Gasteiger partial charge is 0.467 e. The van der Waals surface area contributed by atoms with Crippen LogP contribution < -0.4 is 9.47 Å². The molecule has 0 aromatic heterocycles. The van der Waals surface area contributed by atoms with E-state index < -0.39 is 8.32 Å². The summed E-state index contributed by atoms with van der Waals surface area (Å²) < 4.78 is 27.2. The molecule has 7 heteroatoms. The predicted molar refractivity (Wildman–Crippen MR) is 132 cm³/mol. The van der Waals surface area contributed by atoms with Crippen molar-refractivity contribution in [2.24, 2.45) is 0 Å². The van der Waals surface area contributed by atoms with Crippen LogP contribution in [-0.4, -0.2) is 48.5 Å². The lowest BCUT2D eigenvalue weighted by molar-refractivity contribution is -0.114. The summed E-state index contributed by atoms with van der Waals surface area (Å²) in [5.41, 5.74) is 0.943. The van der Waals surface area contributed by atoms with Gasteiger partial charge in [-0.2, -0.15) is 0 Å². The molecule has 0 radical (unpaired) electrons. The van der Waals surface area contributed by atoms with Gasteiger partial charge in [-0.15, -0.1) is 0 Å². The third kappa shape index (κ3) is 10.6. The van der Waals surface area contributed by atoms with Crippen LogP contribution in [0.3, 0.4) is 0 Å². The number of aldehydes is 1. The average Bonchev–Trinajstić information content (AvgIpc) is 2.73. The molecule has 180 valence electrons. The van der Waals surface area contributed by atoms with Crippen LogP contribution in [-0.2, 0) is 18.7 Å². The Labute approximate surface area is 194 Å². The van der Waals surface area contributed by atoms with E-state index in [0.717, 1.165) is 31.1 Å². The van der Waals surface area contributed by atoms with Gasteiger partial charge in [0.2, 0.25) is 0 Å². The first-order valence-corrected chi connectivity index (χ1v) is 13.9. The minimum Gasteiger partial charge on any atom is -0.467 e. The fourth-order valence-corrected chi connectivity index (χ4v) is 3.88. The molecule has 0 amide bonds. The highest BCUT2D eigenvalue weighted by molar-refractivity contribution is 6.74. The molecule has 1 aromatic rings. The number of benzene rings is 1. The summed E-state index contributed by atoms with van der Waals surface area (Å²) in [6.45, 7) is 11.2. The second-order valence-electron chi connectivity index (χ2n) is 9.11. The van der Waals surface area contributed by atoms with Crippen molar-refractivity contribution in [3.05, 3.63) is 42.0 Å². The minimum absolute atomic E-state index is 0.0966. The van der Waals surface area contributed by atoms with Crippen LogP contribution in [0.5, 0.6) is 11.5 Å². The van der Waals surface area contributed by atoms with Gasteiger partial charge in [0.05, 0.1) is 0 Å². The van der Waals surface area contributed by atoms with Crippen molar-refractivity contribution >= 4 is 20.7 Å². The maximum Gasteiger partial charge on any atom is 0.193 e. The molecule has 1 aromatic carbocycles. The topological polar surface area (TPSA) is 63.2 Å². The van der Waals surface area contributed by atoms with E-state index >= 15 is 0 Å². The van der Waals surface area contributed by atoms with E-state index in [1.54, 1.807) is 20.3 Å². The molecule has 0 spiro atoms. The van der Waals surface area contributed by atoms with Gasteiger partial charge in [0.15, 0.2) is 21.9 Å². The number of allylic oxidation sites excluding steroid dienone is 3. The summed E-state index contributed by atoms with van der Waals surface area (Å²) >= 11 is 0. The van der Waals surface area contributed by atoms with Crippen LogP contribution in [0.1, 0.15) is 45.6 Å². The van der Waals surface area contributed by atoms with Gasteiger partial charge in [-0.3, -0.25) is 0 Å². The van der Waals surface area contributed by atoms with Crippen molar-refractivity contribution in [2.75, 3.05) is 27.8 Å². The molecule has 0 saturated carbocycles. The third-order valence-corrected chi connectivity index (χ3v) is 9.89. The van der Waals surface area contributed by atoms with Crippen molar-refractivity contribution in [1.29, 1.82) is 0 Å². The molecule has 1 unspecified atom stereocenters. The molecule has 1 atom stereocenters. The van der Waals surface area contributed by atoms with Crippen molar-refractivity contribution in [2.45, 2.75) is 64.3 Å². The molecule has 32 heavy (non-hydrogen) atoms. The summed E-state index contributed by atoms with van der Waals surface area (Å²) in [6, 6.07) is 5.62. The van der Waals surface area contributed by atoms with E-state index in [1.165, 1.54) is 0 Å². The number of hydrogen-bond acceptors (Lipinski definition) is 6. The Morgan fingerprint density at radius 1 is 0.969 bits per heavy atom. The predicted octanol–water partition coefficient (Wildman–Crippen LogP) is 5.98. The molecular weight excluding hydrogens is 424 g/mol. The zero-order valence-corrected chi connectivity index (χ0v) is 21.7. The summed E-state index contributed by atoms with van der Waals surface area (Å²) in [4.78, 5) is 11.5. The van der Waals surface area contributed by atoms with E-state index in [4.69, 9.17) is 23.4 Å². The summed E-state index contributed by atoms with van der Waals surface area (Å²) in [5, 5.41) is 0.0966. The molecule has 0 aliphatic rings. The Hall–Kier alpha value is -1.93. The summed E-state index contributed by atoms with van der Waals surface area (Å²) in [5.74, 6) is 1.32. The van der Waals surface area contributed by atoms with Crippen LogP contribution >= 0.6 is 0 Å². The first-order chi connectivity index (χ1) is 15.1. The molecule has 0 aliphatic heterocycles. The molecule has 0 heterocycles. The van der Waals surface area contributed by atoms with Gasteiger partial charge in [0.1, 0.15) is 23.9 Å². The van der Waals surface area contributed by atoms with Gasteiger partial charge in [-0.25, -0.2) is 0 Å². The van der Waals surface area contributed by atoms with Crippen LogP contribution in [0.15, 0.2) is 36.4 Å². The fourth-order valence-electron chi connectivity index (χ4n) is 2.60. The third-order valence-electron chi connectivity index (χ3n) is 5.39. The summed E-state index contributed by atoms with van der Waals surface area (Å²) in [6.07, 6.45) is 11.2. The Balaban J connectivity index is 2.57. The van der Waals surface area contributed by atoms with E-state index in [0.29, 0.717) is 11.5 Å². The molecule has 0 fully saturated rings. The Morgan fingerprint density at radius 2 is 1.56 bits per heavy atom. The number of methoxy groups -OCH3 is 2. The maximum absolute atomic E-state index is 11.5. The Kier molecular flexibility index (Phi) is 12.5. The van der Waals surface area contributed by atoms with Crippen molar-refractivity contribution in [3.63, 3.8) is 0 Å². The van der Waals surface area contributed by atoms with Gasteiger partial charge >= 0.3 is 0 Å². The number of rotatable bonds is 15. The second kappa shape index (κ2) is 14.3. The standard InChI is InChI=1S/C25H40O6Si/c1-25(2,3)32(6,7)31-22(18-26)14-12-10-8-9-11-13-21-15-23(29-19-27-4)17-24(16-21)30-20-28-5/h8-9,11,13,15-18,22H,10,12,14,19-20H2,1-7H3/b9-8+,13-11+. The lowest BCUT2D eigenvalue weighted by Crippen LogP contribution is -2.44. The first-order valence-electron chi connectivity index (χ1n) is 11.0. The molecule has 0 bridgehead atoms. The number of carbonyl (C=O) groups is 1. The van der Waals surface area contributed by atoms with Crippen molar-refractivity contribution < 1.29 is 28.2 Å². The van der Waals surface area contributed by atoms with Crippen LogP contribution in [0, 0.1) is 0 Å². The number of hydrogen-bond donors (Lipinski definition) is 0. The van der Waals surface area contributed by atoms with Gasteiger partial charge in [0, 0.05) is 20.3 Å². The maximum atomic E-state index is 11.5. The second-order valence-corrected chi connectivity index (χ2v) is 13.9. The molecule has 6 nitrogen and oxygen atoms in total. The van der Waals surface area contributed by atoms with Crippen LogP contribution in [0.25, 0.3) is 6.08 Å². The quantitative estimate of drug-likeness (QED) is 0.105. The molecular formula is C25H40O6Si. The highest BCUT2D eigenvalue weighted by Crippen LogP contribution is 2.37. The Morgan fingerprint density at radius 3 is 2.06 bits per heavy atom. The van der Waals surface area contributed by atoms with E-state index in [9.17, 15) is 4.79 Å². The summed E-state index contributed by atoms with van der Waals surface area (Å²) in [7, 11) is 1.22. The minimum atomic E-state index is -1.93. The monoisotopic (exact) mass is 464 g/mol. The number of unbranched alkanes of at least 4 members (excludes halogenated alkanes) is 1. The normalized spacial score (nSPS) is 13.6. The number of carbonyl (C=O) groups excluding carboxylic acids is 1. The highest BCUT2D eigenvalue weighted by atomic mass is 28.4. The zero-order valence-electron chi connectivity index (χ0n) is 20.7. The van der Waals surface area contributed by atoms with Gasteiger partial charge in [-0.1, -0.05) is 45.1 Å². The van der Waals surface area contributed by atoms with E-state index in [-0.39, 0.29) is 24.7 Å². The van der Waals surface area contributed by atoms with Crippen LogP contribution in [0.4, 0.5) is 0 Å². The van der Waals surface area contributed by atoms with Gasteiger partial charge in [-0.05, 0) is 55.1 Å². The molecule has 0 aliphatic carbocycles.